The highest BCUT2D eigenvalue weighted by Crippen LogP contribution is 2.51. The highest BCUT2D eigenvalue weighted by Gasteiger charge is 2.46. The molecule has 14 aromatic rings. The van der Waals surface area contributed by atoms with Gasteiger partial charge in [-0.25, -0.2) is 0 Å². The van der Waals surface area contributed by atoms with Gasteiger partial charge in [-0.05, 0) is 191 Å². The van der Waals surface area contributed by atoms with Crippen molar-refractivity contribution in [3.63, 3.8) is 0 Å². The summed E-state index contributed by atoms with van der Waals surface area (Å²) in [7, 11) is 0. The molecule has 0 saturated heterocycles. The normalized spacial score (nSPS) is 12.4. The summed E-state index contributed by atoms with van der Waals surface area (Å²) in [5.74, 6) is 0. The zero-order chi connectivity index (χ0) is 62.6. The largest absolute Gasteiger partial charge is 0.311 e. The first-order valence-electron chi connectivity index (χ1n) is 31.9. The molecule has 18 rings (SSSR count). The van der Waals surface area contributed by atoms with E-state index in [9.17, 15) is 0 Å². The Bertz CT molecular complexity index is 4800. The van der Waals surface area contributed by atoms with Gasteiger partial charge in [0.15, 0.2) is 0 Å². The van der Waals surface area contributed by atoms with Gasteiger partial charge in [0.05, 0.1) is 11.4 Å². The molecule has 460 valence electrons. The van der Waals surface area contributed by atoms with Crippen molar-refractivity contribution in [3.05, 3.63) is 361 Å². The van der Waals surface area contributed by atoms with Crippen LogP contribution >= 0.6 is 31.9 Å². The molecule has 0 bridgehead atoms. The first-order chi connectivity index (χ1) is 46.5. The van der Waals surface area contributed by atoms with Crippen LogP contribution in [-0.4, -0.2) is 13.4 Å². The number of anilines is 18. The molecule has 4 heterocycles. The molecular formula is C85H63B2Br2FN6. The highest BCUT2D eigenvalue weighted by molar-refractivity contribution is 9.10. The van der Waals surface area contributed by atoms with E-state index in [4.69, 9.17) is 0 Å². The lowest BCUT2D eigenvalue weighted by Gasteiger charge is -2.45. The Kier molecular flexibility index (Phi) is 16.6. The fourth-order valence-electron chi connectivity index (χ4n) is 14.7. The quantitative estimate of drug-likeness (QED) is 0.126. The molecule has 0 fully saturated rings. The minimum Gasteiger partial charge on any atom is -0.311 e. The molecule has 14 aromatic carbocycles. The second-order valence-corrected chi connectivity index (χ2v) is 25.7. The maximum Gasteiger partial charge on any atom is 0.252 e. The maximum absolute atomic E-state index is 3.84. The smallest absolute Gasteiger partial charge is 0.252 e. The molecule has 0 aromatic heterocycles. The van der Waals surface area contributed by atoms with Crippen LogP contribution < -0.4 is 62.2 Å². The van der Waals surface area contributed by atoms with Gasteiger partial charge >= 0.3 is 0 Å². The standard InChI is InChI=1S/C42H28BBr2N3.C42H30BN3.CH4.FH/c44-29-21-23-38-36(25-29)43-37-26-30(45)22-24-39(37)48(34-19-11-4-12-20-34)41-28-35(27-40(42(41)43)47(38)33-17-9-3-10-18-33)46(31-13-5-1-6-14-31)32-15-7-2-8-16-32;1-5-17-31(18-6-1)44(32-19-7-2-8-20-32)35-29-40-42-41(30-35)46(34-23-11-4-12-24-34)39-28-16-14-26-37(39)43(42)36-25-13-15-27-38(36)45(40)33-21-9-3-10-22-33;;/h1-28H;1-30H;1H4;1H. The molecule has 11 heteroatoms. The van der Waals surface area contributed by atoms with E-state index in [1.807, 2.05) is 0 Å². The number of nitrogens with zero attached hydrogens (tertiary/aromatic N) is 6. The first kappa shape index (κ1) is 61.1. The SMILES string of the molecule is Brc1ccc2c(c1)B1c3cc(Br)ccc3N(c3ccccc3)c3cc(N(c4ccccc4)c4ccccc4)cc(c31)N2c1ccccc1.C.F.c1ccc(N(c2ccccc2)c2cc3c4c(c2)N(c2ccccc2)c2ccccc2B4c2ccccc2N3c2ccccc2)cc1. The van der Waals surface area contributed by atoms with E-state index >= 15 is 0 Å². The van der Waals surface area contributed by atoms with Crippen LogP contribution in [0.5, 0.6) is 0 Å². The number of hydrogen-bond donors (Lipinski definition) is 0. The minimum atomic E-state index is 0. The second kappa shape index (κ2) is 26.0. The van der Waals surface area contributed by atoms with Crippen molar-refractivity contribution in [1.82, 2.24) is 0 Å². The van der Waals surface area contributed by atoms with Crippen LogP contribution in [0.15, 0.2) is 361 Å². The van der Waals surface area contributed by atoms with Gasteiger partial charge in [-0.2, -0.15) is 0 Å². The third-order valence-corrected chi connectivity index (χ3v) is 19.5. The van der Waals surface area contributed by atoms with Crippen LogP contribution in [0.1, 0.15) is 7.43 Å². The molecule has 0 spiro atoms. The van der Waals surface area contributed by atoms with E-state index in [1.54, 1.807) is 0 Å². The predicted octanol–water partition coefficient (Wildman–Crippen LogP) is 20.8. The monoisotopic (exact) mass is 1370 g/mol. The number of halogens is 3. The zero-order valence-corrected chi connectivity index (χ0v) is 54.7. The van der Waals surface area contributed by atoms with Crippen LogP contribution in [0.25, 0.3) is 0 Å². The number of hydrogen-bond acceptors (Lipinski definition) is 6. The summed E-state index contributed by atoms with van der Waals surface area (Å²) in [5, 5.41) is 0. The molecule has 4 aliphatic rings. The van der Waals surface area contributed by atoms with Gasteiger partial charge in [0.25, 0.3) is 13.4 Å². The van der Waals surface area contributed by atoms with Crippen molar-refractivity contribution in [2.24, 2.45) is 0 Å². The van der Waals surface area contributed by atoms with Crippen LogP contribution in [0, 0.1) is 0 Å². The summed E-state index contributed by atoms with van der Waals surface area (Å²) in [6, 6.07) is 127. The molecule has 0 unspecified atom stereocenters. The summed E-state index contributed by atoms with van der Waals surface area (Å²) in [6.45, 7) is 0.110. The summed E-state index contributed by atoms with van der Waals surface area (Å²) in [5.41, 5.74) is 28.4. The summed E-state index contributed by atoms with van der Waals surface area (Å²) < 4.78 is 2.13. The third-order valence-electron chi connectivity index (χ3n) is 18.5. The predicted molar refractivity (Wildman–Crippen MR) is 415 cm³/mol. The van der Waals surface area contributed by atoms with E-state index < -0.39 is 0 Å². The van der Waals surface area contributed by atoms with Crippen molar-refractivity contribution in [2.75, 3.05) is 29.4 Å². The van der Waals surface area contributed by atoms with Gasteiger partial charge in [-0.15, -0.1) is 0 Å². The van der Waals surface area contributed by atoms with Crippen molar-refractivity contribution >= 4 is 180 Å². The van der Waals surface area contributed by atoms with E-state index in [2.05, 4.69) is 413 Å². The number of rotatable bonds is 10. The van der Waals surface area contributed by atoms with Crippen LogP contribution in [0.2, 0.25) is 0 Å². The Morgan fingerprint density at radius 1 is 0.219 bits per heavy atom. The lowest BCUT2D eigenvalue weighted by Crippen LogP contribution is -2.61. The molecule has 0 saturated carbocycles. The van der Waals surface area contributed by atoms with Gasteiger partial charge in [0.2, 0.25) is 0 Å². The number of para-hydroxylation sites is 10. The fraction of sp³-hybridized carbons (Fsp3) is 0.0118. The molecule has 6 nitrogen and oxygen atoms in total. The van der Waals surface area contributed by atoms with Crippen molar-refractivity contribution < 1.29 is 4.70 Å². The molecule has 0 amide bonds. The lowest BCUT2D eigenvalue weighted by atomic mass is 9.33. The zero-order valence-electron chi connectivity index (χ0n) is 51.5. The van der Waals surface area contributed by atoms with Crippen LogP contribution in [0.3, 0.4) is 0 Å². The Morgan fingerprint density at radius 3 is 0.729 bits per heavy atom. The van der Waals surface area contributed by atoms with E-state index in [0.29, 0.717) is 0 Å². The molecular weight excluding hydrogens is 1310 g/mol. The maximum atomic E-state index is 3.84. The average molecular weight is 1370 g/mol. The molecule has 0 N–H and O–H groups in total. The minimum absolute atomic E-state index is 0. The van der Waals surface area contributed by atoms with Gasteiger partial charge in [0, 0.05) is 99.9 Å². The number of fused-ring (bicyclic) bond motifs is 8. The molecule has 96 heavy (non-hydrogen) atoms. The highest BCUT2D eigenvalue weighted by atomic mass is 79.9. The van der Waals surface area contributed by atoms with Gasteiger partial charge in [-0.1, -0.05) is 233 Å². The van der Waals surface area contributed by atoms with Gasteiger partial charge in [0.1, 0.15) is 0 Å². The Balaban J connectivity index is 0.000000154. The van der Waals surface area contributed by atoms with Crippen LogP contribution in [0.4, 0.5) is 107 Å². The Hall–Kier alpha value is -11.1. The Labute approximate surface area is 578 Å². The first-order valence-corrected chi connectivity index (χ1v) is 33.4. The van der Waals surface area contributed by atoms with Crippen molar-refractivity contribution in [2.45, 2.75) is 7.43 Å². The third kappa shape index (κ3) is 10.6. The topological polar surface area (TPSA) is 19.4 Å². The summed E-state index contributed by atoms with van der Waals surface area (Å²) >= 11 is 7.68. The van der Waals surface area contributed by atoms with E-state index in [-0.39, 0.29) is 25.6 Å². The second-order valence-electron chi connectivity index (χ2n) is 23.9. The lowest BCUT2D eigenvalue weighted by molar-refractivity contribution is 1.11. The summed E-state index contributed by atoms with van der Waals surface area (Å²) in [6.07, 6.45) is 0. The number of benzene rings is 14. The van der Waals surface area contributed by atoms with Gasteiger partial charge < -0.3 is 29.4 Å². The molecule has 0 aliphatic carbocycles. The average Bonchev–Trinajstić information content (AvgIpc) is 0.705. The summed E-state index contributed by atoms with van der Waals surface area (Å²) in [4.78, 5) is 14.5. The van der Waals surface area contributed by atoms with E-state index in [0.717, 1.165) is 77.2 Å². The Morgan fingerprint density at radius 2 is 0.448 bits per heavy atom. The van der Waals surface area contributed by atoms with Crippen LogP contribution in [-0.2, 0) is 0 Å². The van der Waals surface area contributed by atoms with Crippen molar-refractivity contribution in [3.8, 4) is 0 Å². The van der Waals surface area contributed by atoms with E-state index in [1.165, 1.54) is 66.9 Å². The molecule has 0 atom stereocenters. The molecule has 0 radical (unpaired) electrons. The molecule has 4 aliphatic heterocycles. The fourth-order valence-corrected chi connectivity index (χ4v) is 15.5. The van der Waals surface area contributed by atoms with Crippen molar-refractivity contribution in [1.29, 1.82) is 0 Å². The van der Waals surface area contributed by atoms with Gasteiger partial charge in [-0.3, -0.25) is 4.70 Å².